The van der Waals surface area contributed by atoms with Crippen LogP contribution in [-0.4, -0.2) is 14.1 Å². The van der Waals surface area contributed by atoms with E-state index in [1.807, 2.05) is 35.9 Å². The maximum atomic E-state index is 12.6. The summed E-state index contributed by atoms with van der Waals surface area (Å²) in [6.07, 6.45) is 5.65. The summed E-state index contributed by atoms with van der Waals surface area (Å²) >= 11 is 0. The van der Waals surface area contributed by atoms with Crippen molar-refractivity contribution in [2.24, 2.45) is 12.5 Å². The number of aryl methyl sites for hydroxylation is 1. The average Bonchev–Trinajstić information content (AvgIpc) is 3.30. The molecule has 0 unspecified atom stereocenters. The molecule has 5 heteroatoms. The molecule has 3 aromatic rings. The van der Waals surface area contributed by atoms with E-state index >= 15 is 0 Å². The van der Waals surface area contributed by atoms with Gasteiger partial charge in [0, 0.05) is 31.5 Å². The lowest BCUT2D eigenvalue weighted by Crippen LogP contribution is -2.25. The van der Waals surface area contributed by atoms with Crippen LogP contribution in [0.2, 0.25) is 0 Å². The predicted octanol–water partition coefficient (Wildman–Crippen LogP) is 3.07. The third-order valence-electron chi connectivity index (χ3n) is 4.99. The largest absolute Gasteiger partial charge is 0.328 e. The van der Waals surface area contributed by atoms with Crippen LogP contribution >= 0.6 is 0 Å². The Kier molecular flexibility index (Phi) is 3.10. The third-order valence-corrected chi connectivity index (χ3v) is 4.99. The molecule has 24 heavy (non-hydrogen) atoms. The van der Waals surface area contributed by atoms with E-state index in [1.165, 1.54) is 12.8 Å². The van der Waals surface area contributed by atoms with E-state index in [4.69, 9.17) is 5.26 Å². The zero-order valence-corrected chi connectivity index (χ0v) is 13.8. The lowest BCUT2D eigenvalue weighted by atomic mass is 10.1. The van der Waals surface area contributed by atoms with Crippen molar-refractivity contribution in [3.63, 3.8) is 0 Å². The highest BCUT2D eigenvalue weighted by atomic mass is 16.1. The van der Waals surface area contributed by atoms with Crippen molar-refractivity contribution in [1.29, 1.82) is 5.26 Å². The van der Waals surface area contributed by atoms with Gasteiger partial charge in [-0.15, -0.1) is 0 Å². The highest BCUT2D eigenvalue weighted by Gasteiger charge is 2.38. The first-order valence-corrected chi connectivity index (χ1v) is 8.06. The number of nitriles is 1. The number of nitrogens with zero attached hydrogens (tertiary/aromatic N) is 4. The molecule has 5 nitrogen and oxygen atoms in total. The number of rotatable bonds is 3. The molecule has 2 aromatic heterocycles. The molecule has 0 radical (unpaired) electrons. The fourth-order valence-electron chi connectivity index (χ4n) is 3.15. The summed E-state index contributed by atoms with van der Waals surface area (Å²) in [5.74, 6) is 0. The van der Waals surface area contributed by atoms with Gasteiger partial charge in [-0.25, -0.2) is 4.79 Å². The molecular weight excluding hydrogens is 300 g/mol. The number of aromatic nitrogens is 3. The van der Waals surface area contributed by atoms with Crippen LogP contribution in [0.5, 0.6) is 0 Å². The van der Waals surface area contributed by atoms with Gasteiger partial charge in [0.15, 0.2) is 0 Å². The van der Waals surface area contributed by atoms with Gasteiger partial charge in [0.05, 0.1) is 16.6 Å². The molecule has 1 aliphatic rings. The number of benzene rings is 1. The van der Waals surface area contributed by atoms with Crippen LogP contribution in [0.25, 0.3) is 22.2 Å². The fraction of sp³-hybridized carbons (Fsp3) is 0.316. The Bertz CT molecular complexity index is 1050. The van der Waals surface area contributed by atoms with Crippen LogP contribution in [0.4, 0.5) is 0 Å². The molecule has 4 rings (SSSR count). The van der Waals surface area contributed by atoms with Crippen molar-refractivity contribution < 1.29 is 0 Å². The molecule has 1 aromatic carbocycles. The van der Waals surface area contributed by atoms with E-state index in [0.29, 0.717) is 5.56 Å². The fourth-order valence-corrected chi connectivity index (χ4v) is 3.15. The van der Waals surface area contributed by atoms with Gasteiger partial charge in [-0.1, -0.05) is 13.0 Å². The summed E-state index contributed by atoms with van der Waals surface area (Å²) in [6.45, 7) is 3.00. The first-order valence-electron chi connectivity index (χ1n) is 8.06. The quantitative estimate of drug-likeness (QED) is 0.745. The van der Waals surface area contributed by atoms with Crippen molar-refractivity contribution in [3.8, 4) is 17.2 Å². The first-order chi connectivity index (χ1) is 11.5. The molecule has 120 valence electrons. The minimum absolute atomic E-state index is 0.0270. The molecule has 0 saturated heterocycles. The Morgan fingerprint density at radius 1 is 1.21 bits per heavy atom. The van der Waals surface area contributed by atoms with Crippen molar-refractivity contribution in [2.45, 2.75) is 26.3 Å². The van der Waals surface area contributed by atoms with Gasteiger partial charge in [0.25, 0.3) is 0 Å². The second-order valence-corrected chi connectivity index (χ2v) is 7.02. The second-order valence-electron chi connectivity index (χ2n) is 7.02. The molecule has 0 spiro atoms. The smallest absolute Gasteiger partial charge is 0.295 e. The van der Waals surface area contributed by atoms with Crippen molar-refractivity contribution in [2.75, 3.05) is 0 Å². The van der Waals surface area contributed by atoms with Gasteiger partial charge in [-0.2, -0.15) is 5.26 Å². The van der Waals surface area contributed by atoms with Crippen LogP contribution < -0.4 is 5.69 Å². The first kappa shape index (κ1) is 14.7. The van der Waals surface area contributed by atoms with Crippen molar-refractivity contribution >= 4 is 11.0 Å². The second kappa shape index (κ2) is 5.07. The maximum absolute atomic E-state index is 12.6. The molecule has 0 bridgehead atoms. The van der Waals surface area contributed by atoms with E-state index in [-0.39, 0.29) is 11.1 Å². The Morgan fingerprint density at radius 3 is 2.71 bits per heavy atom. The Hall–Kier alpha value is -2.87. The zero-order chi connectivity index (χ0) is 16.9. The van der Waals surface area contributed by atoms with Crippen molar-refractivity contribution in [1.82, 2.24) is 14.1 Å². The molecule has 0 aliphatic heterocycles. The summed E-state index contributed by atoms with van der Waals surface area (Å²) in [5, 5.41) is 9.04. The Balaban J connectivity index is 1.85. The number of hydrogen-bond donors (Lipinski definition) is 0. The van der Waals surface area contributed by atoms with Gasteiger partial charge >= 0.3 is 5.69 Å². The molecule has 0 N–H and O–H groups in total. The molecular formula is C19H18N4O. The minimum Gasteiger partial charge on any atom is -0.295 e. The van der Waals surface area contributed by atoms with Gasteiger partial charge in [-0.3, -0.25) is 14.1 Å². The molecule has 2 heterocycles. The number of imidazole rings is 1. The lowest BCUT2D eigenvalue weighted by molar-refractivity contribution is 0.460. The Morgan fingerprint density at radius 2 is 2.00 bits per heavy atom. The van der Waals surface area contributed by atoms with E-state index in [0.717, 1.165) is 28.7 Å². The molecule has 0 atom stereocenters. The standard InChI is InChI=1S/C19H18N4O/c1-19(5-6-19)12-23-16-4-3-14(8-17(16)22(2)18(23)24)15-7-13(9-20)10-21-11-15/h3-4,7-8,10-11H,5-6,12H2,1-2H3. The van der Waals surface area contributed by atoms with E-state index in [2.05, 4.69) is 18.0 Å². The summed E-state index contributed by atoms with van der Waals surface area (Å²) in [6, 6.07) is 9.91. The van der Waals surface area contributed by atoms with E-state index in [9.17, 15) is 4.79 Å². The lowest BCUT2D eigenvalue weighted by Gasteiger charge is -2.09. The van der Waals surface area contributed by atoms with Gasteiger partial charge in [0.1, 0.15) is 6.07 Å². The third kappa shape index (κ3) is 2.31. The number of pyridine rings is 1. The van der Waals surface area contributed by atoms with Gasteiger partial charge in [-0.05, 0) is 42.0 Å². The molecule has 1 fully saturated rings. The van der Waals surface area contributed by atoms with Crippen LogP contribution in [0.15, 0.2) is 41.5 Å². The topological polar surface area (TPSA) is 63.6 Å². The maximum Gasteiger partial charge on any atom is 0.328 e. The zero-order valence-electron chi connectivity index (χ0n) is 13.8. The van der Waals surface area contributed by atoms with Gasteiger partial charge < -0.3 is 0 Å². The molecule has 1 saturated carbocycles. The van der Waals surface area contributed by atoms with Crippen molar-refractivity contribution in [3.05, 3.63) is 52.7 Å². The molecule has 1 aliphatic carbocycles. The van der Waals surface area contributed by atoms with E-state index in [1.54, 1.807) is 17.0 Å². The predicted molar refractivity (Wildman–Crippen MR) is 92.5 cm³/mol. The highest BCUT2D eigenvalue weighted by Crippen LogP contribution is 2.46. The SMILES string of the molecule is Cn1c(=O)n(CC2(C)CC2)c2ccc(-c3cncc(C#N)c3)cc21. The average molecular weight is 318 g/mol. The number of hydrogen-bond acceptors (Lipinski definition) is 3. The minimum atomic E-state index is 0.0270. The summed E-state index contributed by atoms with van der Waals surface area (Å²) in [7, 11) is 1.81. The Labute approximate surface area is 139 Å². The normalized spacial score (nSPS) is 15.4. The van der Waals surface area contributed by atoms with Crippen LogP contribution in [0.1, 0.15) is 25.3 Å². The van der Waals surface area contributed by atoms with Gasteiger partial charge in [0.2, 0.25) is 0 Å². The van der Waals surface area contributed by atoms with Crippen LogP contribution in [0, 0.1) is 16.7 Å². The summed E-state index contributed by atoms with van der Waals surface area (Å²) in [5.41, 5.74) is 4.53. The summed E-state index contributed by atoms with van der Waals surface area (Å²) < 4.78 is 3.59. The monoisotopic (exact) mass is 318 g/mol. The van der Waals surface area contributed by atoms with Crippen LogP contribution in [0.3, 0.4) is 0 Å². The number of fused-ring (bicyclic) bond motifs is 1. The van der Waals surface area contributed by atoms with E-state index < -0.39 is 0 Å². The molecule has 0 amide bonds. The highest BCUT2D eigenvalue weighted by molar-refractivity contribution is 5.82. The summed E-state index contributed by atoms with van der Waals surface area (Å²) in [4.78, 5) is 16.7. The van der Waals surface area contributed by atoms with Crippen LogP contribution in [-0.2, 0) is 13.6 Å².